The highest BCUT2D eigenvalue weighted by Crippen LogP contribution is 2.23. The lowest BCUT2D eigenvalue weighted by atomic mass is 10.2. The highest BCUT2D eigenvalue weighted by atomic mass is 127. The molecule has 0 aliphatic heterocycles. The summed E-state index contributed by atoms with van der Waals surface area (Å²) < 4.78 is 9.47. The number of fused-ring (bicyclic) bond motifs is 1. The summed E-state index contributed by atoms with van der Waals surface area (Å²) >= 11 is 5.69. The first-order valence-electron chi connectivity index (χ1n) is 9.54. The number of nitrogens with one attached hydrogen (secondary N) is 1. The molecule has 0 radical (unpaired) electrons. The molecule has 0 aliphatic rings. The van der Waals surface area contributed by atoms with E-state index >= 15 is 0 Å². The Morgan fingerprint density at radius 2 is 1.94 bits per heavy atom. The fraction of sp³-hybridized carbons (Fsp3) is 0.0833. The molecule has 0 fully saturated rings. The minimum Gasteiger partial charge on any atom is -0.496 e. The van der Waals surface area contributed by atoms with Gasteiger partial charge in [-0.15, -0.1) is 0 Å². The molecule has 1 N–H and O–H groups in total. The van der Waals surface area contributed by atoms with Crippen molar-refractivity contribution in [2.24, 2.45) is 5.10 Å². The lowest BCUT2D eigenvalue weighted by Crippen LogP contribution is -2.18. The van der Waals surface area contributed by atoms with E-state index in [1.807, 2.05) is 18.2 Å². The van der Waals surface area contributed by atoms with Gasteiger partial charge in [-0.2, -0.15) is 5.10 Å². The van der Waals surface area contributed by atoms with Gasteiger partial charge in [0.25, 0.3) is 5.91 Å². The molecule has 5 nitrogen and oxygen atoms in total. The molecule has 0 bridgehead atoms. The van der Waals surface area contributed by atoms with E-state index in [9.17, 15) is 4.79 Å². The number of rotatable bonds is 6. The summed E-state index contributed by atoms with van der Waals surface area (Å²) in [7, 11) is 1.53. The Kier molecular flexibility index (Phi) is 6.72. The minimum absolute atomic E-state index is 0.336. The summed E-state index contributed by atoms with van der Waals surface area (Å²) in [6.07, 6.45) is 3.73. The molecule has 1 heterocycles. The summed E-state index contributed by atoms with van der Waals surface area (Å²) in [6.45, 7) is 0.757. The zero-order valence-electron chi connectivity index (χ0n) is 16.7. The van der Waals surface area contributed by atoms with E-state index in [-0.39, 0.29) is 5.91 Å². The van der Waals surface area contributed by atoms with Crippen LogP contribution in [0.5, 0.6) is 5.75 Å². The van der Waals surface area contributed by atoms with Crippen LogP contribution >= 0.6 is 38.5 Å². The van der Waals surface area contributed by atoms with Gasteiger partial charge in [0.15, 0.2) is 0 Å². The number of nitrogens with zero attached hydrogens (tertiary/aromatic N) is 2. The summed E-state index contributed by atoms with van der Waals surface area (Å²) in [5.41, 5.74) is 6.28. The first kappa shape index (κ1) is 21.6. The van der Waals surface area contributed by atoms with Crippen molar-refractivity contribution < 1.29 is 9.53 Å². The Morgan fingerprint density at radius 3 is 2.71 bits per heavy atom. The molecule has 3 aromatic carbocycles. The molecule has 0 atom stereocenters. The van der Waals surface area contributed by atoms with E-state index in [1.165, 1.54) is 16.2 Å². The number of carbonyl (C=O) groups is 1. The molecule has 0 spiro atoms. The highest BCUT2D eigenvalue weighted by Gasteiger charge is 2.12. The van der Waals surface area contributed by atoms with E-state index in [1.54, 1.807) is 18.3 Å². The lowest BCUT2D eigenvalue weighted by Gasteiger charge is -2.07. The highest BCUT2D eigenvalue weighted by molar-refractivity contribution is 14.1. The molecule has 0 aliphatic carbocycles. The van der Waals surface area contributed by atoms with Crippen LogP contribution in [-0.4, -0.2) is 23.8 Å². The zero-order valence-corrected chi connectivity index (χ0v) is 20.4. The molecule has 0 saturated carbocycles. The Balaban J connectivity index is 1.57. The maximum atomic E-state index is 12.6. The second kappa shape index (κ2) is 9.65. The smallest absolute Gasteiger partial charge is 0.275 e. The molecule has 1 amide bonds. The second-order valence-corrected chi connectivity index (χ2v) is 9.06. The third-order valence-electron chi connectivity index (χ3n) is 4.86. The van der Waals surface area contributed by atoms with Crippen molar-refractivity contribution in [3.8, 4) is 5.75 Å². The van der Waals surface area contributed by atoms with Crippen molar-refractivity contribution in [1.29, 1.82) is 0 Å². The van der Waals surface area contributed by atoms with E-state index < -0.39 is 0 Å². The molecule has 0 unspecified atom stereocenters. The number of amides is 1. The van der Waals surface area contributed by atoms with Crippen molar-refractivity contribution in [2.45, 2.75) is 6.54 Å². The summed E-state index contributed by atoms with van der Waals surface area (Å²) in [5, 5.41) is 5.27. The number of hydrazone groups is 1. The van der Waals surface area contributed by atoms with Crippen LogP contribution in [0, 0.1) is 3.57 Å². The summed E-state index contributed by atoms with van der Waals surface area (Å²) in [4.78, 5) is 12.6. The monoisotopic (exact) mass is 587 g/mol. The van der Waals surface area contributed by atoms with Gasteiger partial charge in [-0.1, -0.05) is 46.3 Å². The molecule has 4 aromatic rings. The number of ether oxygens (including phenoxy) is 1. The van der Waals surface area contributed by atoms with E-state index in [4.69, 9.17) is 4.74 Å². The Morgan fingerprint density at radius 1 is 1.16 bits per heavy atom. The topological polar surface area (TPSA) is 55.6 Å². The van der Waals surface area contributed by atoms with Gasteiger partial charge in [0.2, 0.25) is 0 Å². The molecular formula is C24H19BrIN3O2. The summed E-state index contributed by atoms with van der Waals surface area (Å²) in [5.74, 6) is 0.155. The molecule has 0 saturated heterocycles. The average Bonchev–Trinajstić information content (AvgIpc) is 3.12. The number of hydrogen-bond acceptors (Lipinski definition) is 3. The number of benzene rings is 3. The Labute approximate surface area is 202 Å². The van der Waals surface area contributed by atoms with Crippen molar-refractivity contribution in [3.05, 3.63) is 97.7 Å². The van der Waals surface area contributed by atoms with Crippen LogP contribution in [0.2, 0.25) is 0 Å². The van der Waals surface area contributed by atoms with Gasteiger partial charge >= 0.3 is 0 Å². The predicted molar refractivity (Wildman–Crippen MR) is 136 cm³/mol. The minimum atomic E-state index is -0.336. The zero-order chi connectivity index (χ0) is 21.8. The number of hydrogen-bond donors (Lipinski definition) is 1. The number of methoxy groups -OCH3 is 1. The van der Waals surface area contributed by atoms with Gasteiger partial charge in [-0.3, -0.25) is 4.79 Å². The van der Waals surface area contributed by atoms with Gasteiger partial charge < -0.3 is 9.30 Å². The maximum absolute atomic E-state index is 12.6. The maximum Gasteiger partial charge on any atom is 0.275 e. The Bertz CT molecular complexity index is 1270. The summed E-state index contributed by atoms with van der Waals surface area (Å²) in [6, 6.07) is 21.9. The lowest BCUT2D eigenvalue weighted by molar-refractivity contribution is 0.0952. The number of halogens is 2. The van der Waals surface area contributed by atoms with Crippen molar-refractivity contribution in [3.63, 3.8) is 0 Å². The normalized spacial score (nSPS) is 11.2. The molecule has 31 heavy (non-hydrogen) atoms. The van der Waals surface area contributed by atoms with Crippen LogP contribution < -0.4 is 10.2 Å². The third kappa shape index (κ3) is 4.99. The van der Waals surface area contributed by atoms with Gasteiger partial charge in [0, 0.05) is 37.3 Å². The fourth-order valence-corrected chi connectivity index (χ4v) is 4.09. The largest absolute Gasteiger partial charge is 0.496 e. The quantitative estimate of drug-likeness (QED) is 0.175. The fourth-order valence-electron chi connectivity index (χ4n) is 3.37. The van der Waals surface area contributed by atoms with Crippen LogP contribution in [0.3, 0.4) is 0 Å². The molecule has 7 heteroatoms. The second-order valence-electron chi connectivity index (χ2n) is 6.90. The molecule has 4 rings (SSSR count). The Hall–Kier alpha value is -2.65. The standard InChI is InChI=1S/C24H19BrIN3O2/c1-31-23-11-8-18(25)12-21(23)24(30)28-27-13-17-15-29(22-5-3-2-4-20(17)22)14-16-6-9-19(26)10-7-16/h2-13,15H,14H2,1H3,(H,28,30)/b27-13-. The van der Waals surface area contributed by atoms with Crippen LogP contribution in [-0.2, 0) is 6.54 Å². The number of para-hydroxylation sites is 1. The molecule has 1 aromatic heterocycles. The van der Waals surface area contributed by atoms with Gasteiger partial charge in [-0.25, -0.2) is 5.43 Å². The van der Waals surface area contributed by atoms with Crippen LogP contribution in [0.15, 0.2) is 82.5 Å². The van der Waals surface area contributed by atoms with Crippen LogP contribution in [0.1, 0.15) is 21.5 Å². The van der Waals surface area contributed by atoms with Crippen molar-refractivity contribution in [2.75, 3.05) is 7.11 Å². The van der Waals surface area contributed by atoms with Gasteiger partial charge in [0.05, 0.1) is 18.9 Å². The van der Waals surface area contributed by atoms with Gasteiger partial charge in [0.1, 0.15) is 5.75 Å². The van der Waals surface area contributed by atoms with Crippen LogP contribution in [0.4, 0.5) is 0 Å². The number of aromatic nitrogens is 1. The predicted octanol–water partition coefficient (Wildman–Crippen LogP) is 5.83. The van der Waals surface area contributed by atoms with E-state index in [0.717, 1.165) is 27.5 Å². The molecule has 156 valence electrons. The van der Waals surface area contributed by atoms with Gasteiger partial charge in [-0.05, 0) is 64.6 Å². The van der Waals surface area contributed by atoms with Crippen LogP contribution in [0.25, 0.3) is 10.9 Å². The van der Waals surface area contributed by atoms with E-state index in [2.05, 4.69) is 96.2 Å². The SMILES string of the molecule is COc1ccc(Br)cc1C(=O)N/N=C\c1cn(Cc2ccc(I)cc2)c2ccccc12. The van der Waals surface area contributed by atoms with Crippen molar-refractivity contribution >= 4 is 61.5 Å². The third-order valence-corrected chi connectivity index (χ3v) is 6.07. The first-order chi connectivity index (χ1) is 15.0. The average molecular weight is 588 g/mol. The van der Waals surface area contributed by atoms with Crippen molar-refractivity contribution in [1.82, 2.24) is 9.99 Å². The van der Waals surface area contributed by atoms with E-state index in [0.29, 0.717) is 11.3 Å². The molecular weight excluding hydrogens is 569 g/mol. The number of carbonyl (C=O) groups excluding carboxylic acids is 1. The first-order valence-corrected chi connectivity index (χ1v) is 11.4.